The van der Waals surface area contributed by atoms with Gasteiger partial charge < -0.3 is 19.8 Å². The number of halogens is 1. The Morgan fingerprint density at radius 2 is 2.17 bits per heavy atom. The first kappa shape index (κ1) is 17.3. The number of fused-ring (bicyclic) bond motifs is 1. The number of rotatable bonds is 4. The largest absolute Gasteiger partial charge is 0.484 e. The van der Waals surface area contributed by atoms with Gasteiger partial charge in [-0.3, -0.25) is 4.79 Å². The maximum Gasteiger partial charge on any atom is 0.336 e. The van der Waals surface area contributed by atoms with Crippen molar-refractivity contribution >= 4 is 29.3 Å². The summed E-state index contributed by atoms with van der Waals surface area (Å²) in [5, 5.41) is 6.99. The van der Waals surface area contributed by atoms with Crippen molar-refractivity contribution in [1.29, 1.82) is 0 Å². The van der Waals surface area contributed by atoms with Crippen LogP contribution in [0.25, 0.3) is 11.0 Å². The van der Waals surface area contributed by atoms with Crippen molar-refractivity contribution in [2.75, 3.05) is 19.7 Å². The minimum Gasteiger partial charge on any atom is -0.484 e. The summed E-state index contributed by atoms with van der Waals surface area (Å²) in [6.45, 7) is 1.75. The molecular formula is C16H19ClN2O4. The van der Waals surface area contributed by atoms with Gasteiger partial charge >= 0.3 is 5.63 Å². The number of amides is 1. The molecule has 0 saturated carbocycles. The van der Waals surface area contributed by atoms with Gasteiger partial charge in [0.25, 0.3) is 5.91 Å². The number of carbonyl (C=O) groups is 1. The van der Waals surface area contributed by atoms with E-state index in [-0.39, 0.29) is 31.0 Å². The molecule has 1 aliphatic heterocycles. The van der Waals surface area contributed by atoms with Crippen LogP contribution in [0.1, 0.15) is 12.8 Å². The Kier molecular flexibility index (Phi) is 6.01. The maximum absolute atomic E-state index is 11.9. The summed E-state index contributed by atoms with van der Waals surface area (Å²) in [6.07, 6.45) is 2.05. The molecule has 2 heterocycles. The van der Waals surface area contributed by atoms with Crippen molar-refractivity contribution in [3.8, 4) is 5.75 Å². The normalized spacial score (nSPS) is 17.3. The van der Waals surface area contributed by atoms with Crippen LogP contribution in [-0.4, -0.2) is 31.6 Å². The molecule has 6 nitrogen and oxygen atoms in total. The lowest BCUT2D eigenvalue weighted by molar-refractivity contribution is -0.123. The van der Waals surface area contributed by atoms with E-state index in [1.807, 2.05) is 0 Å². The first-order chi connectivity index (χ1) is 10.7. The Morgan fingerprint density at radius 1 is 1.35 bits per heavy atom. The van der Waals surface area contributed by atoms with Gasteiger partial charge in [0, 0.05) is 30.1 Å². The standard InChI is InChI=1S/C16H18N2O4.ClH/c19-15(18-12-2-1-7-17-9-12)10-21-13-5-3-11-4-6-16(20)22-14(11)8-13;/h3-6,8,12,17H,1-2,7,9-10H2,(H,18,19);1H/t12-;/m0./s1. The Hall–Kier alpha value is -2.05. The van der Waals surface area contributed by atoms with Gasteiger partial charge in [0.2, 0.25) is 0 Å². The molecule has 1 fully saturated rings. The van der Waals surface area contributed by atoms with Crippen molar-refractivity contribution in [3.05, 3.63) is 40.8 Å². The molecular weight excluding hydrogens is 320 g/mol. The Labute approximate surface area is 139 Å². The molecule has 1 amide bonds. The molecule has 0 bridgehead atoms. The summed E-state index contributed by atoms with van der Waals surface area (Å²) in [5.41, 5.74) is 0.0362. The molecule has 3 rings (SSSR count). The zero-order valence-corrected chi connectivity index (χ0v) is 13.4. The third-order valence-electron chi connectivity index (χ3n) is 3.63. The van der Waals surface area contributed by atoms with E-state index in [1.54, 1.807) is 24.3 Å². The monoisotopic (exact) mass is 338 g/mol. The summed E-state index contributed by atoms with van der Waals surface area (Å²) in [6, 6.07) is 8.38. The van der Waals surface area contributed by atoms with E-state index in [9.17, 15) is 9.59 Å². The van der Waals surface area contributed by atoms with Crippen molar-refractivity contribution in [2.45, 2.75) is 18.9 Å². The molecule has 2 N–H and O–H groups in total. The van der Waals surface area contributed by atoms with Gasteiger partial charge in [-0.1, -0.05) is 0 Å². The number of nitrogens with one attached hydrogen (secondary N) is 2. The molecule has 23 heavy (non-hydrogen) atoms. The van der Waals surface area contributed by atoms with E-state index in [2.05, 4.69) is 10.6 Å². The van der Waals surface area contributed by atoms with Crippen molar-refractivity contribution in [3.63, 3.8) is 0 Å². The van der Waals surface area contributed by atoms with Crippen LogP contribution in [0, 0.1) is 0 Å². The molecule has 0 aliphatic carbocycles. The lowest BCUT2D eigenvalue weighted by Gasteiger charge is -2.23. The second kappa shape index (κ2) is 7.99. The molecule has 0 unspecified atom stereocenters. The van der Waals surface area contributed by atoms with E-state index in [1.165, 1.54) is 6.07 Å². The van der Waals surface area contributed by atoms with Gasteiger partial charge in [-0.2, -0.15) is 0 Å². The summed E-state index contributed by atoms with van der Waals surface area (Å²) in [5.74, 6) is 0.349. The molecule has 1 saturated heterocycles. The van der Waals surface area contributed by atoms with Gasteiger partial charge in [0.05, 0.1) is 0 Å². The predicted molar refractivity (Wildman–Crippen MR) is 89.3 cm³/mol. The van der Waals surface area contributed by atoms with Gasteiger partial charge in [-0.05, 0) is 37.6 Å². The highest BCUT2D eigenvalue weighted by Gasteiger charge is 2.15. The van der Waals surface area contributed by atoms with Crippen LogP contribution in [0.2, 0.25) is 0 Å². The zero-order chi connectivity index (χ0) is 15.4. The fraction of sp³-hybridized carbons (Fsp3) is 0.375. The molecule has 124 valence electrons. The molecule has 7 heteroatoms. The average Bonchev–Trinajstić information content (AvgIpc) is 2.53. The van der Waals surface area contributed by atoms with Crippen LogP contribution < -0.4 is 21.0 Å². The summed E-state index contributed by atoms with van der Waals surface area (Å²) >= 11 is 0. The lowest BCUT2D eigenvalue weighted by atomic mass is 10.1. The SMILES string of the molecule is Cl.O=C(COc1ccc2ccc(=O)oc2c1)N[C@H]1CCCNC1. The van der Waals surface area contributed by atoms with E-state index in [0.29, 0.717) is 11.3 Å². The van der Waals surface area contributed by atoms with Crippen LogP contribution in [0.3, 0.4) is 0 Å². The highest BCUT2D eigenvalue weighted by atomic mass is 35.5. The highest BCUT2D eigenvalue weighted by molar-refractivity contribution is 5.85. The van der Waals surface area contributed by atoms with E-state index in [0.717, 1.165) is 31.3 Å². The maximum atomic E-state index is 11.9. The minimum absolute atomic E-state index is 0. The quantitative estimate of drug-likeness (QED) is 0.825. The summed E-state index contributed by atoms with van der Waals surface area (Å²) < 4.78 is 10.5. The molecule has 1 aromatic heterocycles. The number of carbonyl (C=O) groups excluding carboxylic acids is 1. The second-order valence-corrected chi connectivity index (χ2v) is 5.35. The van der Waals surface area contributed by atoms with Crippen LogP contribution in [-0.2, 0) is 4.79 Å². The van der Waals surface area contributed by atoms with Crippen LogP contribution in [0.5, 0.6) is 5.75 Å². The Bertz CT molecular complexity index is 725. The Balaban J connectivity index is 0.00000192. The number of benzene rings is 1. The molecule has 1 aromatic carbocycles. The molecule has 2 aromatic rings. The van der Waals surface area contributed by atoms with E-state index >= 15 is 0 Å². The van der Waals surface area contributed by atoms with E-state index in [4.69, 9.17) is 9.15 Å². The van der Waals surface area contributed by atoms with Gasteiger partial charge in [0.1, 0.15) is 11.3 Å². The second-order valence-electron chi connectivity index (χ2n) is 5.35. The summed E-state index contributed by atoms with van der Waals surface area (Å²) in [4.78, 5) is 23.1. The van der Waals surface area contributed by atoms with Crippen LogP contribution in [0.15, 0.2) is 39.5 Å². The van der Waals surface area contributed by atoms with Crippen molar-refractivity contribution in [2.24, 2.45) is 0 Å². The minimum atomic E-state index is -0.410. The average molecular weight is 339 g/mol. The molecule has 0 spiro atoms. The number of ether oxygens (including phenoxy) is 1. The highest BCUT2D eigenvalue weighted by Crippen LogP contribution is 2.19. The molecule has 0 radical (unpaired) electrons. The third kappa shape index (κ3) is 4.71. The number of hydrogen-bond donors (Lipinski definition) is 2. The van der Waals surface area contributed by atoms with Gasteiger partial charge in [0.15, 0.2) is 6.61 Å². The smallest absolute Gasteiger partial charge is 0.336 e. The lowest BCUT2D eigenvalue weighted by Crippen LogP contribution is -2.46. The molecule has 1 atom stereocenters. The molecule has 1 aliphatic rings. The summed E-state index contributed by atoms with van der Waals surface area (Å²) in [7, 11) is 0. The van der Waals surface area contributed by atoms with Crippen molar-refractivity contribution < 1.29 is 13.9 Å². The topological polar surface area (TPSA) is 80.6 Å². The van der Waals surface area contributed by atoms with Crippen LogP contribution >= 0.6 is 12.4 Å². The van der Waals surface area contributed by atoms with Gasteiger partial charge in [-0.15, -0.1) is 12.4 Å². The predicted octanol–water partition coefficient (Wildman–Crippen LogP) is 1.46. The Morgan fingerprint density at radius 3 is 2.96 bits per heavy atom. The first-order valence-corrected chi connectivity index (χ1v) is 7.37. The number of hydrogen-bond acceptors (Lipinski definition) is 5. The van der Waals surface area contributed by atoms with Gasteiger partial charge in [-0.25, -0.2) is 4.79 Å². The third-order valence-corrected chi connectivity index (χ3v) is 3.63. The fourth-order valence-corrected chi connectivity index (χ4v) is 2.52. The van der Waals surface area contributed by atoms with E-state index < -0.39 is 5.63 Å². The first-order valence-electron chi connectivity index (χ1n) is 7.37. The number of piperidine rings is 1. The fourth-order valence-electron chi connectivity index (χ4n) is 2.52. The zero-order valence-electron chi connectivity index (χ0n) is 12.5. The van der Waals surface area contributed by atoms with Crippen LogP contribution in [0.4, 0.5) is 0 Å². The van der Waals surface area contributed by atoms with Crippen molar-refractivity contribution in [1.82, 2.24) is 10.6 Å².